The van der Waals surface area contributed by atoms with Crippen LogP contribution in [0.4, 0.5) is 0 Å². The zero-order chi connectivity index (χ0) is 11.3. The van der Waals surface area contributed by atoms with Gasteiger partial charge in [0.1, 0.15) is 0 Å². The van der Waals surface area contributed by atoms with Crippen LogP contribution in [-0.4, -0.2) is 24.4 Å². The Morgan fingerprint density at radius 1 is 1.47 bits per heavy atom. The summed E-state index contributed by atoms with van der Waals surface area (Å²) in [5.74, 6) is -0.406. The molecule has 0 aliphatic rings. The number of carbonyl (C=O) groups is 2. The van der Waals surface area contributed by atoms with Gasteiger partial charge in [0.2, 0.25) is 5.91 Å². The third-order valence-corrected chi connectivity index (χ3v) is 1.60. The van der Waals surface area contributed by atoms with Gasteiger partial charge in [-0.25, -0.2) is 0 Å². The van der Waals surface area contributed by atoms with Crippen molar-refractivity contribution in [1.29, 1.82) is 0 Å². The first-order valence-electron chi connectivity index (χ1n) is 4.70. The summed E-state index contributed by atoms with van der Waals surface area (Å²) < 4.78 is 4.86. The van der Waals surface area contributed by atoms with Gasteiger partial charge in [-0.2, -0.15) is 0 Å². The quantitative estimate of drug-likeness (QED) is 0.761. The summed E-state index contributed by atoms with van der Waals surface area (Å²) in [4.78, 5) is 22.5. The number of hydrogen-bond acceptors (Lipinski definition) is 3. The van der Waals surface area contributed by atoms with Crippen LogP contribution in [0.25, 0.3) is 0 Å². The fourth-order valence-corrected chi connectivity index (χ4v) is 1.03. The van der Waals surface area contributed by atoms with Gasteiger partial charge in [-0.3, -0.25) is 9.59 Å². The first-order chi connectivity index (χ1) is 7.09. The highest BCUT2D eigenvalue weighted by molar-refractivity contribution is 5.94. The van der Waals surface area contributed by atoms with Gasteiger partial charge < -0.3 is 15.1 Å². The number of furan rings is 1. The van der Waals surface area contributed by atoms with E-state index in [0.29, 0.717) is 0 Å². The number of hydrogen-bond donors (Lipinski definition) is 2. The van der Waals surface area contributed by atoms with E-state index in [0.717, 1.165) is 0 Å². The van der Waals surface area contributed by atoms with Gasteiger partial charge in [0.05, 0.1) is 12.8 Å². The summed E-state index contributed by atoms with van der Waals surface area (Å²) in [6.07, 6.45) is 1.41. The van der Waals surface area contributed by atoms with Gasteiger partial charge >= 0.3 is 0 Å². The molecule has 15 heavy (non-hydrogen) atoms. The van der Waals surface area contributed by atoms with Crippen molar-refractivity contribution in [3.63, 3.8) is 0 Å². The monoisotopic (exact) mass is 210 g/mol. The van der Waals surface area contributed by atoms with Crippen molar-refractivity contribution in [2.75, 3.05) is 6.54 Å². The molecule has 0 aliphatic heterocycles. The minimum absolute atomic E-state index is 0.0439. The van der Waals surface area contributed by atoms with E-state index >= 15 is 0 Å². The van der Waals surface area contributed by atoms with Crippen LogP contribution >= 0.6 is 0 Å². The van der Waals surface area contributed by atoms with Crippen molar-refractivity contribution in [2.45, 2.75) is 19.9 Å². The molecule has 82 valence electrons. The summed E-state index contributed by atoms with van der Waals surface area (Å²) in [6.45, 7) is 3.66. The Bertz CT molecular complexity index is 330. The zero-order valence-corrected chi connectivity index (χ0v) is 8.74. The standard InChI is InChI=1S/C10H14N2O3/c1-7(2)12-9(13)6-11-10(14)8-4-3-5-15-8/h3-5,7H,6H2,1-2H3,(H,11,14)(H,12,13). The van der Waals surface area contributed by atoms with Crippen LogP contribution in [0.5, 0.6) is 0 Å². The zero-order valence-electron chi connectivity index (χ0n) is 8.74. The second-order valence-corrected chi connectivity index (χ2v) is 3.38. The Balaban J connectivity index is 2.32. The van der Waals surface area contributed by atoms with Crippen LogP contribution < -0.4 is 10.6 Å². The van der Waals surface area contributed by atoms with E-state index in [1.165, 1.54) is 12.3 Å². The first kappa shape index (κ1) is 11.3. The molecular formula is C10H14N2O3. The minimum Gasteiger partial charge on any atom is -0.459 e. The maximum atomic E-state index is 11.3. The van der Waals surface area contributed by atoms with Crippen LogP contribution in [0.3, 0.4) is 0 Å². The third kappa shape index (κ3) is 3.84. The van der Waals surface area contributed by atoms with Crippen molar-refractivity contribution in [1.82, 2.24) is 10.6 Å². The molecule has 0 fully saturated rings. The molecule has 2 N–H and O–H groups in total. The summed E-state index contributed by atoms with van der Waals surface area (Å²) >= 11 is 0. The average molecular weight is 210 g/mol. The number of carbonyl (C=O) groups excluding carboxylic acids is 2. The minimum atomic E-state index is -0.390. The highest BCUT2D eigenvalue weighted by Gasteiger charge is 2.10. The Hall–Kier alpha value is -1.78. The van der Waals surface area contributed by atoms with Crippen LogP contribution in [0, 0.1) is 0 Å². The summed E-state index contributed by atoms with van der Waals surface area (Å²) in [5, 5.41) is 5.10. The van der Waals surface area contributed by atoms with Gasteiger partial charge in [-0.1, -0.05) is 0 Å². The first-order valence-corrected chi connectivity index (χ1v) is 4.70. The molecule has 1 rings (SSSR count). The molecule has 5 heteroatoms. The molecule has 0 saturated carbocycles. The van der Waals surface area contributed by atoms with Crippen molar-refractivity contribution < 1.29 is 14.0 Å². The number of nitrogens with one attached hydrogen (secondary N) is 2. The molecule has 1 aromatic heterocycles. The summed E-state index contributed by atoms with van der Waals surface area (Å²) in [5.41, 5.74) is 0. The molecule has 0 radical (unpaired) electrons. The third-order valence-electron chi connectivity index (χ3n) is 1.60. The molecule has 0 spiro atoms. The van der Waals surface area contributed by atoms with Crippen LogP contribution in [-0.2, 0) is 4.79 Å². The van der Waals surface area contributed by atoms with E-state index in [4.69, 9.17) is 4.42 Å². The van der Waals surface area contributed by atoms with Crippen LogP contribution in [0.15, 0.2) is 22.8 Å². The predicted molar refractivity (Wildman–Crippen MR) is 54.3 cm³/mol. The van der Waals surface area contributed by atoms with E-state index < -0.39 is 0 Å². The number of amides is 2. The van der Waals surface area contributed by atoms with Gasteiger partial charge in [0.15, 0.2) is 5.76 Å². The van der Waals surface area contributed by atoms with Gasteiger partial charge in [0, 0.05) is 6.04 Å². The van der Waals surface area contributed by atoms with E-state index in [1.807, 2.05) is 13.8 Å². The summed E-state index contributed by atoms with van der Waals surface area (Å²) in [6, 6.07) is 3.22. The second kappa shape index (κ2) is 5.19. The fraction of sp³-hybridized carbons (Fsp3) is 0.400. The molecule has 2 amide bonds. The summed E-state index contributed by atoms with van der Waals surface area (Å²) in [7, 11) is 0. The molecule has 5 nitrogen and oxygen atoms in total. The van der Waals surface area contributed by atoms with Gasteiger partial charge in [0.25, 0.3) is 5.91 Å². The van der Waals surface area contributed by atoms with E-state index in [-0.39, 0.29) is 30.2 Å². The van der Waals surface area contributed by atoms with E-state index in [1.54, 1.807) is 6.07 Å². The highest BCUT2D eigenvalue weighted by Crippen LogP contribution is 1.98. The molecular weight excluding hydrogens is 196 g/mol. The molecule has 1 aromatic rings. The number of rotatable bonds is 4. The molecule has 0 aliphatic carbocycles. The SMILES string of the molecule is CC(C)NC(=O)CNC(=O)c1ccco1. The average Bonchev–Trinajstić information content (AvgIpc) is 2.65. The van der Waals surface area contributed by atoms with Crippen LogP contribution in [0.2, 0.25) is 0 Å². The van der Waals surface area contributed by atoms with Crippen LogP contribution in [0.1, 0.15) is 24.4 Å². The Kier molecular flexibility index (Phi) is 3.91. The molecule has 0 aromatic carbocycles. The second-order valence-electron chi connectivity index (χ2n) is 3.38. The highest BCUT2D eigenvalue weighted by atomic mass is 16.3. The van der Waals surface area contributed by atoms with Gasteiger partial charge in [-0.15, -0.1) is 0 Å². The molecule has 0 unspecified atom stereocenters. The smallest absolute Gasteiger partial charge is 0.287 e. The molecule has 0 atom stereocenters. The molecule has 0 saturated heterocycles. The molecule has 0 bridgehead atoms. The van der Waals surface area contributed by atoms with Crippen molar-refractivity contribution >= 4 is 11.8 Å². The molecule has 1 heterocycles. The largest absolute Gasteiger partial charge is 0.459 e. The lowest BCUT2D eigenvalue weighted by atomic mass is 10.4. The Morgan fingerprint density at radius 2 is 2.20 bits per heavy atom. The lowest BCUT2D eigenvalue weighted by Gasteiger charge is -2.08. The Labute approximate surface area is 87.8 Å². The normalized spacial score (nSPS) is 10.1. The maximum Gasteiger partial charge on any atom is 0.287 e. The van der Waals surface area contributed by atoms with Crippen molar-refractivity contribution in [3.05, 3.63) is 24.2 Å². The van der Waals surface area contributed by atoms with Crippen molar-refractivity contribution in [3.8, 4) is 0 Å². The van der Waals surface area contributed by atoms with E-state index in [2.05, 4.69) is 10.6 Å². The van der Waals surface area contributed by atoms with Crippen molar-refractivity contribution in [2.24, 2.45) is 0 Å². The Morgan fingerprint density at radius 3 is 2.73 bits per heavy atom. The lowest BCUT2D eigenvalue weighted by Crippen LogP contribution is -2.39. The van der Waals surface area contributed by atoms with Gasteiger partial charge in [-0.05, 0) is 26.0 Å². The lowest BCUT2D eigenvalue weighted by molar-refractivity contribution is -0.120. The maximum absolute atomic E-state index is 11.3. The topological polar surface area (TPSA) is 71.3 Å². The fourth-order valence-electron chi connectivity index (χ4n) is 1.03. The predicted octanol–water partition coefficient (Wildman–Crippen LogP) is 0.534. The van der Waals surface area contributed by atoms with E-state index in [9.17, 15) is 9.59 Å².